The number of hydrogen-bond acceptors (Lipinski definition) is 3. The molecule has 0 aliphatic carbocycles. The van der Waals surface area contributed by atoms with E-state index >= 15 is 0 Å². The van der Waals surface area contributed by atoms with Crippen LogP contribution in [0.1, 0.15) is 20.3 Å². The molecule has 0 bridgehead atoms. The summed E-state index contributed by atoms with van der Waals surface area (Å²) < 4.78 is 0. The summed E-state index contributed by atoms with van der Waals surface area (Å²) in [5, 5.41) is 11.4. The van der Waals surface area contributed by atoms with Crippen LogP contribution in [-0.2, 0) is 4.79 Å². The van der Waals surface area contributed by atoms with E-state index in [9.17, 15) is 4.79 Å². The Kier molecular flexibility index (Phi) is 4.12. The van der Waals surface area contributed by atoms with Gasteiger partial charge in [-0.1, -0.05) is 13.8 Å². The van der Waals surface area contributed by atoms with Gasteiger partial charge in [-0.2, -0.15) is 0 Å². The summed E-state index contributed by atoms with van der Waals surface area (Å²) in [4.78, 5) is 11.4. The fourth-order valence-electron chi connectivity index (χ4n) is 1.21. The van der Waals surface area contributed by atoms with Crippen molar-refractivity contribution in [1.82, 2.24) is 0 Å². The first kappa shape index (κ1) is 11.5. The van der Waals surface area contributed by atoms with Crippen LogP contribution in [0.2, 0.25) is 0 Å². The molecule has 0 fully saturated rings. The third-order valence-electron chi connectivity index (χ3n) is 1.89. The largest absolute Gasteiger partial charge is 0.326 e. The van der Waals surface area contributed by atoms with E-state index in [2.05, 4.69) is 5.32 Å². The van der Waals surface area contributed by atoms with Crippen LogP contribution in [0.3, 0.4) is 0 Å². The van der Waals surface area contributed by atoms with Crippen molar-refractivity contribution in [1.29, 1.82) is 0 Å². The summed E-state index contributed by atoms with van der Waals surface area (Å²) in [6, 6.07) is 6.84. The highest BCUT2D eigenvalue weighted by Crippen LogP contribution is 2.13. The van der Waals surface area contributed by atoms with Gasteiger partial charge in [-0.15, -0.1) is 0 Å². The number of hydrogen-bond donors (Lipinski definition) is 3. The maximum absolute atomic E-state index is 11.4. The second kappa shape index (κ2) is 5.36. The Balaban J connectivity index is 2.53. The van der Waals surface area contributed by atoms with E-state index in [0.717, 1.165) is 5.69 Å². The fraction of sp³-hybridized carbons (Fsp3) is 0.364. The summed E-state index contributed by atoms with van der Waals surface area (Å²) in [6.07, 6.45) is 0.514. The van der Waals surface area contributed by atoms with E-state index in [1.807, 2.05) is 19.3 Å². The predicted octanol–water partition coefficient (Wildman–Crippen LogP) is 2.47. The smallest absolute Gasteiger partial charge is 0.224 e. The van der Waals surface area contributed by atoms with Gasteiger partial charge < -0.3 is 5.32 Å². The van der Waals surface area contributed by atoms with Crippen molar-refractivity contribution in [2.45, 2.75) is 20.3 Å². The molecule has 82 valence electrons. The molecular weight excluding hydrogens is 192 g/mol. The van der Waals surface area contributed by atoms with Crippen LogP contribution < -0.4 is 10.8 Å². The summed E-state index contributed by atoms with van der Waals surface area (Å²) >= 11 is 0. The van der Waals surface area contributed by atoms with Crippen molar-refractivity contribution in [2.24, 2.45) is 5.92 Å². The van der Waals surface area contributed by atoms with E-state index in [4.69, 9.17) is 5.21 Å². The van der Waals surface area contributed by atoms with E-state index < -0.39 is 0 Å². The lowest BCUT2D eigenvalue weighted by atomic mass is 10.1. The Morgan fingerprint density at radius 3 is 2.27 bits per heavy atom. The molecule has 0 aliphatic heterocycles. The SMILES string of the molecule is CC(C)CC(=O)Nc1ccc(NO)cc1. The van der Waals surface area contributed by atoms with Crippen LogP contribution in [-0.4, -0.2) is 11.1 Å². The van der Waals surface area contributed by atoms with Crippen LogP contribution in [0.4, 0.5) is 11.4 Å². The van der Waals surface area contributed by atoms with E-state index in [1.54, 1.807) is 24.3 Å². The number of amides is 1. The summed E-state index contributed by atoms with van der Waals surface area (Å²) in [7, 11) is 0. The number of benzene rings is 1. The average molecular weight is 208 g/mol. The van der Waals surface area contributed by atoms with Crippen LogP contribution in [0, 0.1) is 5.92 Å². The maximum atomic E-state index is 11.4. The van der Waals surface area contributed by atoms with Crippen molar-refractivity contribution >= 4 is 17.3 Å². The average Bonchev–Trinajstić information content (AvgIpc) is 2.17. The van der Waals surface area contributed by atoms with Gasteiger partial charge in [0.25, 0.3) is 0 Å². The fourth-order valence-corrected chi connectivity index (χ4v) is 1.21. The topological polar surface area (TPSA) is 61.4 Å². The van der Waals surface area contributed by atoms with Crippen molar-refractivity contribution in [3.8, 4) is 0 Å². The molecule has 15 heavy (non-hydrogen) atoms. The standard InChI is InChI=1S/C11H16N2O2/c1-8(2)7-11(14)12-9-3-5-10(13-15)6-4-9/h3-6,8,13,15H,7H2,1-2H3,(H,12,14). The first-order valence-corrected chi connectivity index (χ1v) is 4.92. The Morgan fingerprint density at radius 2 is 1.80 bits per heavy atom. The molecule has 0 saturated carbocycles. The van der Waals surface area contributed by atoms with Gasteiger partial charge >= 0.3 is 0 Å². The quantitative estimate of drug-likeness (QED) is 0.666. The molecule has 0 aliphatic rings. The minimum Gasteiger partial charge on any atom is -0.326 e. The summed E-state index contributed by atoms with van der Waals surface area (Å²) in [5.41, 5.74) is 3.36. The van der Waals surface area contributed by atoms with Gasteiger partial charge in [0.05, 0.1) is 5.69 Å². The molecule has 1 aromatic rings. The van der Waals surface area contributed by atoms with Gasteiger partial charge in [-0.05, 0) is 30.2 Å². The Labute approximate surface area is 89.3 Å². The zero-order chi connectivity index (χ0) is 11.3. The molecular formula is C11H16N2O2. The Morgan fingerprint density at radius 1 is 1.27 bits per heavy atom. The minimum atomic E-state index is 0.00899. The Bertz CT molecular complexity index is 320. The monoisotopic (exact) mass is 208 g/mol. The number of nitrogens with one attached hydrogen (secondary N) is 2. The van der Waals surface area contributed by atoms with Gasteiger partial charge in [-0.3, -0.25) is 15.5 Å². The summed E-state index contributed by atoms with van der Waals surface area (Å²) in [6.45, 7) is 4.00. The molecule has 3 N–H and O–H groups in total. The van der Waals surface area contributed by atoms with E-state index in [0.29, 0.717) is 18.0 Å². The Hall–Kier alpha value is -1.55. The zero-order valence-corrected chi connectivity index (χ0v) is 8.95. The third-order valence-corrected chi connectivity index (χ3v) is 1.89. The molecule has 1 aromatic carbocycles. The normalized spacial score (nSPS) is 10.1. The number of rotatable bonds is 4. The molecule has 0 radical (unpaired) electrons. The van der Waals surface area contributed by atoms with Crippen molar-refractivity contribution in [3.63, 3.8) is 0 Å². The van der Waals surface area contributed by atoms with Crippen LogP contribution in [0.25, 0.3) is 0 Å². The highest BCUT2D eigenvalue weighted by atomic mass is 16.5. The van der Waals surface area contributed by atoms with Crippen LogP contribution in [0.5, 0.6) is 0 Å². The molecule has 0 saturated heterocycles. The van der Waals surface area contributed by atoms with Gasteiger partial charge in [0.2, 0.25) is 5.91 Å². The van der Waals surface area contributed by atoms with Gasteiger partial charge in [0, 0.05) is 12.1 Å². The second-order valence-electron chi connectivity index (χ2n) is 3.84. The molecule has 1 rings (SSSR count). The molecule has 0 atom stereocenters. The first-order chi connectivity index (χ1) is 7.11. The molecule has 0 aromatic heterocycles. The molecule has 1 amide bonds. The molecule has 4 nitrogen and oxygen atoms in total. The second-order valence-corrected chi connectivity index (χ2v) is 3.84. The molecule has 4 heteroatoms. The van der Waals surface area contributed by atoms with E-state index in [1.165, 1.54) is 0 Å². The highest BCUT2D eigenvalue weighted by Gasteiger charge is 2.04. The molecule has 0 heterocycles. The molecule has 0 spiro atoms. The molecule has 0 unspecified atom stereocenters. The highest BCUT2D eigenvalue weighted by molar-refractivity contribution is 5.90. The maximum Gasteiger partial charge on any atom is 0.224 e. The van der Waals surface area contributed by atoms with E-state index in [-0.39, 0.29) is 5.91 Å². The van der Waals surface area contributed by atoms with Gasteiger partial charge in [0.15, 0.2) is 0 Å². The van der Waals surface area contributed by atoms with Crippen molar-refractivity contribution in [2.75, 3.05) is 10.8 Å². The zero-order valence-electron chi connectivity index (χ0n) is 8.95. The lowest BCUT2D eigenvalue weighted by molar-refractivity contribution is -0.116. The van der Waals surface area contributed by atoms with Crippen molar-refractivity contribution in [3.05, 3.63) is 24.3 Å². The lowest BCUT2D eigenvalue weighted by Crippen LogP contribution is -2.13. The van der Waals surface area contributed by atoms with Gasteiger partial charge in [-0.25, -0.2) is 0 Å². The first-order valence-electron chi connectivity index (χ1n) is 4.92. The van der Waals surface area contributed by atoms with Crippen LogP contribution in [0.15, 0.2) is 24.3 Å². The predicted molar refractivity (Wildman–Crippen MR) is 59.9 cm³/mol. The third kappa shape index (κ3) is 3.99. The van der Waals surface area contributed by atoms with Crippen LogP contribution >= 0.6 is 0 Å². The number of carbonyl (C=O) groups excluding carboxylic acids is 1. The van der Waals surface area contributed by atoms with Gasteiger partial charge in [0.1, 0.15) is 0 Å². The summed E-state index contributed by atoms with van der Waals surface area (Å²) in [5.74, 6) is 0.359. The number of carbonyl (C=O) groups is 1. The number of anilines is 2. The minimum absolute atomic E-state index is 0.00899. The van der Waals surface area contributed by atoms with Crippen molar-refractivity contribution < 1.29 is 10.0 Å². The lowest BCUT2D eigenvalue weighted by Gasteiger charge is -2.07.